The highest BCUT2D eigenvalue weighted by molar-refractivity contribution is 5.62. The lowest BCUT2D eigenvalue weighted by Gasteiger charge is -2.35. The molecular weight excluding hydrogens is 272 g/mol. The van der Waals surface area contributed by atoms with Crippen molar-refractivity contribution in [2.45, 2.75) is 44.8 Å². The number of likely N-dealkylation sites (N-methyl/N-ethyl adjacent to an activating group) is 1. The van der Waals surface area contributed by atoms with Gasteiger partial charge in [-0.3, -0.25) is 10.1 Å². The van der Waals surface area contributed by atoms with E-state index >= 15 is 0 Å². The zero-order valence-corrected chi connectivity index (χ0v) is 12.5. The summed E-state index contributed by atoms with van der Waals surface area (Å²) >= 11 is 0. The Hall–Kier alpha value is -1.89. The van der Waals surface area contributed by atoms with Gasteiger partial charge in [0.1, 0.15) is 5.82 Å². The van der Waals surface area contributed by atoms with Crippen molar-refractivity contribution in [3.8, 4) is 0 Å². The largest absolute Gasteiger partial charge is 0.391 e. The van der Waals surface area contributed by atoms with Crippen LogP contribution in [0.1, 0.15) is 32.6 Å². The number of aliphatic hydroxyl groups excluding tert-OH is 1. The SMILES string of the molecule is CCNc1ccc([N+](=O)[O-])c(N(C)C2CCCCC2O)n1. The van der Waals surface area contributed by atoms with Gasteiger partial charge in [0.2, 0.25) is 5.82 Å². The summed E-state index contributed by atoms with van der Waals surface area (Å²) in [5.74, 6) is 0.916. The van der Waals surface area contributed by atoms with Crippen molar-refractivity contribution in [2.24, 2.45) is 0 Å². The molecule has 116 valence electrons. The van der Waals surface area contributed by atoms with Crippen LogP contribution in [0.15, 0.2) is 12.1 Å². The Morgan fingerprint density at radius 2 is 2.19 bits per heavy atom. The van der Waals surface area contributed by atoms with E-state index in [0.29, 0.717) is 18.2 Å². The predicted molar refractivity (Wildman–Crippen MR) is 81.7 cm³/mol. The highest BCUT2D eigenvalue weighted by atomic mass is 16.6. The van der Waals surface area contributed by atoms with Crippen molar-refractivity contribution in [1.82, 2.24) is 4.98 Å². The summed E-state index contributed by atoms with van der Waals surface area (Å²) in [5.41, 5.74) is -0.0306. The fourth-order valence-electron chi connectivity index (χ4n) is 2.82. The van der Waals surface area contributed by atoms with E-state index in [0.717, 1.165) is 25.7 Å². The predicted octanol–water partition coefficient (Wildman–Crippen LogP) is 2.16. The molecule has 1 fully saturated rings. The first-order valence-corrected chi connectivity index (χ1v) is 7.34. The number of nitro groups is 1. The summed E-state index contributed by atoms with van der Waals surface area (Å²) < 4.78 is 0. The minimum Gasteiger partial charge on any atom is -0.391 e. The lowest BCUT2D eigenvalue weighted by Crippen LogP contribution is -2.44. The maximum Gasteiger partial charge on any atom is 0.311 e. The molecule has 2 atom stereocenters. The number of rotatable bonds is 5. The van der Waals surface area contributed by atoms with Crippen molar-refractivity contribution in [2.75, 3.05) is 23.8 Å². The van der Waals surface area contributed by atoms with Crippen LogP contribution in [0.25, 0.3) is 0 Å². The van der Waals surface area contributed by atoms with E-state index in [9.17, 15) is 15.2 Å². The second-order valence-electron chi connectivity index (χ2n) is 5.36. The van der Waals surface area contributed by atoms with Gasteiger partial charge in [-0.2, -0.15) is 0 Å². The third-order valence-corrected chi connectivity index (χ3v) is 3.93. The normalized spacial score (nSPS) is 21.9. The van der Waals surface area contributed by atoms with Crippen LogP contribution in [-0.4, -0.2) is 40.8 Å². The fraction of sp³-hybridized carbons (Fsp3) is 0.643. The number of nitrogens with one attached hydrogen (secondary N) is 1. The van der Waals surface area contributed by atoms with Gasteiger partial charge < -0.3 is 15.3 Å². The quantitative estimate of drug-likeness (QED) is 0.638. The number of pyridine rings is 1. The van der Waals surface area contributed by atoms with Crippen LogP contribution in [0.4, 0.5) is 17.3 Å². The second-order valence-corrected chi connectivity index (χ2v) is 5.36. The summed E-state index contributed by atoms with van der Waals surface area (Å²) in [6, 6.07) is 2.95. The average Bonchev–Trinajstić information content (AvgIpc) is 2.47. The lowest BCUT2D eigenvalue weighted by atomic mass is 9.91. The monoisotopic (exact) mass is 294 g/mol. The Morgan fingerprint density at radius 1 is 1.48 bits per heavy atom. The highest BCUT2D eigenvalue weighted by Gasteiger charge is 2.31. The first kappa shape index (κ1) is 15.5. The number of hydrogen-bond donors (Lipinski definition) is 2. The van der Waals surface area contributed by atoms with Crippen molar-refractivity contribution in [1.29, 1.82) is 0 Å². The van der Waals surface area contributed by atoms with E-state index in [1.54, 1.807) is 18.0 Å². The maximum atomic E-state index is 11.2. The minimum atomic E-state index is -0.465. The third-order valence-electron chi connectivity index (χ3n) is 3.93. The van der Waals surface area contributed by atoms with Crippen LogP contribution in [0.5, 0.6) is 0 Å². The molecule has 2 rings (SSSR count). The van der Waals surface area contributed by atoms with Crippen LogP contribution < -0.4 is 10.2 Å². The molecule has 7 heteroatoms. The molecule has 1 aliphatic rings. The molecule has 21 heavy (non-hydrogen) atoms. The first-order chi connectivity index (χ1) is 10.0. The Kier molecular flexibility index (Phi) is 4.95. The molecule has 1 aliphatic carbocycles. The summed E-state index contributed by atoms with van der Waals surface area (Å²) in [6.07, 6.45) is 3.11. The molecule has 0 spiro atoms. The molecule has 1 saturated carbocycles. The molecule has 2 unspecified atom stereocenters. The van der Waals surface area contributed by atoms with Crippen molar-refractivity contribution < 1.29 is 10.0 Å². The molecule has 1 heterocycles. The van der Waals surface area contributed by atoms with Crippen LogP contribution in [-0.2, 0) is 0 Å². The van der Waals surface area contributed by atoms with Gasteiger partial charge in [-0.25, -0.2) is 4.98 Å². The van der Waals surface area contributed by atoms with E-state index in [4.69, 9.17) is 0 Å². The fourth-order valence-corrected chi connectivity index (χ4v) is 2.82. The van der Waals surface area contributed by atoms with Gasteiger partial charge in [-0.1, -0.05) is 12.8 Å². The highest BCUT2D eigenvalue weighted by Crippen LogP contribution is 2.32. The summed E-state index contributed by atoms with van der Waals surface area (Å²) in [5, 5.41) is 24.4. The molecule has 0 saturated heterocycles. The van der Waals surface area contributed by atoms with Crippen molar-refractivity contribution >= 4 is 17.3 Å². The molecule has 0 aromatic carbocycles. The summed E-state index contributed by atoms with van der Waals surface area (Å²) in [4.78, 5) is 16.9. The van der Waals surface area contributed by atoms with Crippen molar-refractivity contribution in [3.05, 3.63) is 22.2 Å². The standard InChI is InChI=1S/C14H22N4O3/c1-3-15-13-9-8-11(18(20)21)14(16-13)17(2)10-6-4-5-7-12(10)19/h8-10,12,19H,3-7H2,1-2H3,(H,15,16). The molecule has 0 bridgehead atoms. The Balaban J connectivity index is 2.34. The van der Waals surface area contributed by atoms with Crippen molar-refractivity contribution in [3.63, 3.8) is 0 Å². The van der Waals surface area contributed by atoms with E-state index in [2.05, 4.69) is 10.3 Å². The van der Waals surface area contributed by atoms with E-state index in [1.165, 1.54) is 6.07 Å². The molecule has 0 amide bonds. The molecular formula is C14H22N4O3. The van der Waals surface area contributed by atoms with Gasteiger partial charge in [-0.05, 0) is 25.8 Å². The second kappa shape index (κ2) is 6.71. The smallest absolute Gasteiger partial charge is 0.311 e. The molecule has 2 N–H and O–H groups in total. The summed E-state index contributed by atoms with van der Waals surface area (Å²) in [7, 11) is 1.77. The molecule has 1 aromatic rings. The zero-order chi connectivity index (χ0) is 15.4. The third kappa shape index (κ3) is 3.41. The molecule has 0 aliphatic heterocycles. The molecule has 7 nitrogen and oxygen atoms in total. The van der Waals surface area contributed by atoms with Crippen LogP contribution in [0, 0.1) is 10.1 Å². The average molecular weight is 294 g/mol. The number of nitrogens with zero attached hydrogens (tertiary/aromatic N) is 3. The maximum absolute atomic E-state index is 11.2. The number of aliphatic hydroxyl groups is 1. The Labute approximate surface area is 124 Å². The topological polar surface area (TPSA) is 91.5 Å². The molecule has 1 aromatic heterocycles. The summed E-state index contributed by atoms with van der Waals surface area (Å²) in [6.45, 7) is 2.64. The number of hydrogen-bond acceptors (Lipinski definition) is 6. The Bertz CT molecular complexity index is 509. The minimum absolute atomic E-state index is 0.0306. The van der Waals surface area contributed by atoms with Gasteiger partial charge in [-0.15, -0.1) is 0 Å². The van der Waals surface area contributed by atoms with Gasteiger partial charge in [0.05, 0.1) is 17.1 Å². The van der Waals surface area contributed by atoms with Gasteiger partial charge in [0.15, 0.2) is 0 Å². The van der Waals surface area contributed by atoms with Crippen LogP contribution in [0.3, 0.4) is 0 Å². The van der Waals surface area contributed by atoms with E-state index in [-0.39, 0.29) is 11.7 Å². The van der Waals surface area contributed by atoms with Crippen LogP contribution >= 0.6 is 0 Å². The van der Waals surface area contributed by atoms with Gasteiger partial charge >= 0.3 is 5.69 Å². The zero-order valence-electron chi connectivity index (χ0n) is 12.5. The van der Waals surface area contributed by atoms with E-state index < -0.39 is 11.0 Å². The van der Waals surface area contributed by atoms with Crippen LogP contribution in [0.2, 0.25) is 0 Å². The van der Waals surface area contributed by atoms with E-state index in [1.807, 2.05) is 6.92 Å². The molecule has 0 radical (unpaired) electrons. The number of aromatic nitrogens is 1. The lowest BCUT2D eigenvalue weighted by molar-refractivity contribution is -0.384. The first-order valence-electron chi connectivity index (χ1n) is 7.34. The van der Waals surface area contributed by atoms with Gasteiger partial charge in [0.25, 0.3) is 0 Å². The Morgan fingerprint density at radius 3 is 2.81 bits per heavy atom. The van der Waals surface area contributed by atoms with Gasteiger partial charge in [0, 0.05) is 19.7 Å². The number of anilines is 2.